The smallest absolute Gasteiger partial charge is 0.159 e. The molecule has 3 N–H and O–H groups in total. The lowest BCUT2D eigenvalue weighted by Crippen LogP contribution is -2.26. The van der Waals surface area contributed by atoms with Crippen LogP contribution in [0.1, 0.15) is 17.3 Å². The van der Waals surface area contributed by atoms with E-state index >= 15 is 0 Å². The number of nitrogens with one attached hydrogen (secondary N) is 1. The molecule has 0 saturated heterocycles. The molecule has 0 atom stereocenters. The van der Waals surface area contributed by atoms with Crippen LogP contribution in [-0.4, -0.2) is 28.8 Å². The number of hydrogen-bond acceptors (Lipinski definition) is 8. The molecule has 0 unspecified atom stereocenters. The van der Waals surface area contributed by atoms with Gasteiger partial charge in [0.2, 0.25) is 0 Å². The second kappa shape index (κ2) is 7.56. The van der Waals surface area contributed by atoms with Crippen molar-refractivity contribution in [2.24, 2.45) is 0 Å². The number of rotatable bonds is 6. The van der Waals surface area contributed by atoms with Crippen LogP contribution in [0.5, 0.6) is 0 Å². The highest BCUT2D eigenvalue weighted by molar-refractivity contribution is 5.94. The van der Waals surface area contributed by atoms with Gasteiger partial charge in [-0.2, -0.15) is 10.5 Å². The van der Waals surface area contributed by atoms with E-state index in [1.54, 1.807) is 24.3 Å². The molecule has 8 nitrogen and oxygen atoms in total. The van der Waals surface area contributed by atoms with Gasteiger partial charge in [-0.25, -0.2) is 9.97 Å². The maximum Gasteiger partial charge on any atom is 0.159 e. The van der Waals surface area contributed by atoms with E-state index in [4.69, 9.17) is 16.3 Å². The third kappa shape index (κ3) is 3.76. The summed E-state index contributed by atoms with van der Waals surface area (Å²) in [6.45, 7) is 1.47. The minimum absolute atomic E-state index is 0.0124. The van der Waals surface area contributed by atoms with Crippen LogP contribution >= 0.6 is 0 Å². The van der Waals surface area contributed by atoms with Gasteiger partial charge in [-0.1, -0.05) is 0 Å². The van der Waals surface area contributed by atoms with Crippen molar-refractivity contribution in [3.63, 3.8) is 0 Å². The summed E-state index contributed by atoms with van der Waals surface area (Å²) >= 11 is 0. The summed E-state index contributed by atoms with van der Waals surface area (Å²) in [6.07, 6.45) is 1.31. The number of hydrogen-bond donors (Lipinski definition) is 2. The molecule has 120 valence electrons. The molecule has 1 aromatic carbocycles. The minimum atomic E-state index is -0.0194. The van der Waals surface area contributed by atoms with Crippen LogP contribution in [0, 0.1) is 22.7 Å². The number of anilines is 4. The lowest BCUT2D eigenvalue weighted by Gasteiger charge is -2.20. The third-order valence-corrected chi connectivity index (χ3v) is 3.24. The first-order valence-corrected chi connectivity index (χ1v) is 7.04. The summed E-state index contributed by atoms with van der Waals surface area (Å²) in [7, 11) is 0. The topological polar surface area (TPSA) is 132 Å². The van der Waals surface area contributed by atoms with Crippen LogP contribution in [0.4, 0.5) is 23.0 Å². The van der Waals surface area contributed by atoms with Gasteiger partial charge in [-0.05, 0) is 31.2 Å². The van der Waals surface area contributed by atoms with Gasteiger partial charge in [0, 0.05) is 11.3 Å². The molecule has 1 heterocycles. The first-order chi connectivity index (χ1) is 11.6. The number of ketones is 1. The zero-order valence-electron chi connectivity index (χ0n) is 13.0. The quantitative estimate of drug-likeness (QED) is 0.608. The fraction of sp³-hybridized carbons (Fsp3) is 0.188. The standard InChI is InChI=1S/C16H15N7O/c1-11(24)12-2-4-13(5-3-12)22-15-14(19)16(21-10-20-15)23(8-6-17)9-7-18/h2-5,10H,8-9,19H2,1H3,(H,20,21,22). The van der Waals surface area contributed by atoms with Gasteiger partial charge in [0.05, 0.1) is 12.1 Å². The van der Waals surface area contributed by atoms with Crippen LogP contribution in [0.2, 0.25) is 0 Å². The first-order valence-electron chi connectivity index (χ1n) is 7.04. The molecule has 0 fully saturated rings. The molecule has 0 spiro atoms. The molecule has 2 rings (SSSR count). The fourth-order valence-electron chi connectivity index (χ4n) is 2.04. The molecule has 0 bridgehead atoms. The lowest BCUT2D eigenvalue weighted by atomic mass is 10.1. The highest BCUT2D eigenvalue weighted by Crippen LogP contribution is 2.28. The Kier molecular flexibility index (Phi) is 5.27. The van der Waals surface area contributed by atoms with Gasteiger partial charge >= 0.3 is 0 Å². The van der Waals surface area contributed by atoms with Crippen molar-refractivity contribution in [1.82, 2.24) is 9.97 Å². The van der Waals surface area contributed by atoms with E-state index in [1.165, 1.54) is 18.2 Å². The number of nitriles is 2. The summed E-state index contributed by atoms with van der Waals surface area (Å²) in [4.78, 5) is 20.9. The Labute approximate surface area is 139 Å². The van der Waals surface area contributed by atoms with E-state index in [0.29, 0.717) is 22.9 Å². The zero-order valence-corrected chi connectivity index (χ0v) is 13.0. The molecule has 24 heavy (non-hydrogen) atoms. The molecular formula is C16H15N7O. The normalized spacial score (nSPS) is 9.62. The fourth-order valence-corrected chi connectivity index (χ4v) is 2.04. The average molecular weight is 321 g/mol. The van der Waals surface area contributed by atoms with Gasteiger partial charge in [0.1, 0.15) is 25.1 Å². The van der Waals surface area contributed by atoms with Crippen molar-refractivity contribution in [3.05, 3.63) is 36.2 Å². The number of nitrogens with zero attached hydrogens (tertiary/aromatic N) is 5. The first kappa shape index (κ1) is 16.7. The molecular weight excluding hydrogens is 306 g/mol. The number of carbonyl (C=O) groups is 1. The van der Waals surface area contributed by atoms with Crippen molar-refractivity contribution < 1.29 is 4.79 Å². The van der Waals surface area contributed by atoms with Gasteiger partial charge in [-0.15, -0.1) is 0 Å². The van der Waals surface area contributed by atoms with Crippen molar-refractivity contribution >= 4 is 28.8 Å². The molecule has 0 aliphatic carbocycles. The van der Waals surface area contributed by atoms with Crippen LogP contribution < -0.4 is 16.0 Å². The Bertz CT molecular complexity index is 802. The number of carbonyl (C=O) groups excluding carboxylic acids is 1. The molecule has 1 aromatic heterocycles. The third-order valence-electron chi connectivity index (χ3n) is 3.24. The number of nitrogen functional groups attached to an aromatic ring is 1. The Hall–Kier alpha value is -3.65. The van der Waals surface area contributed by atoms with Crippen molar-refractivity contribution in [2.45, 2.75) is 6.92 Å². The van der Waals surface area contributed by atoms with E-state index in [1.807, 2.05) is 12.1 Å². The maximum atomic E-state index is 11.3. The molecule has 0 aliphatic heterocycles. The maximum absolute atomic E-state index is 11.3. The predicted molar refractivity (Wildman–Crippen MR) is 89.6 cm³/mol. The Morgan fingerprint density at radius 1 is 1.21 bits per heavy atom. The molecule has 0 saturated carbocycles. The molecule has 8 heteroatoms. The average Bonchev–Trinajstić information content (AvgIpc) is 2.57. The van der Waals surface area contributed by atoms with Crippen LogP contribution in [0.15, 0.2) is 30.6 Å². The number of aromatic nitrogens is 2. The van der Waals surface area contributed by atoms with Crippen molar-refractivity contribution in [3.8, 4) is 12.1 Å². The van der Waals surface area contributed by atoms with Gasteiger partial charge in [0.25, 0.3) is 0 Å². The van der Waals surface area contributed by atoms with Gasteiger partial charge < -0.3 is 16.0 Å². The number of nitrogens with two attached hydrogens (primary N) is 1. The lowest BCUT2D eigenvalue weighted by molar-refractivity contribution is 0.101. The van der Waals surface area contributed by atoms with E-state index in [2.05, 4.69) is 15.3 Å². The predicted octanol–water partition coefficient (Wildman–Crippen LogP) is 1.86. The molecule has 0 amide bonds. The largest absolute Gasteiger partial charge is 0.393 e. The van der Waals surface area contributed by atoms with Gasteiger partial charge in [-0.3, -0.25) is 4.79 Å². The minimum Gasteiger partial charge on any atom is -0.393 e. The highest BCUT2D eigenvalue weighted by Gasteiger charge is 2.15. The van der Waals surface area contributed by atoms with E-state index in [-0.39, 0.29) is 24.6 Å². The Morgan fingerprint density at radius 2 is 1.83 bits per heavy atom. The highest BCUT2D eigenvalue weighted by atomic mass is 16.1. The SMILES string of the molecule is CC(=O)c1ccc(Nc2ncnc(N(CC#N)CC#N)c2N)cc1. The van der Waals surface area contributed by atoms with E-state index in [0.717, 1.165) is 0 Å². The van der Waals surface area contributed by atoms with Gasteiger partial charge in [0.15, 0.2) is 17.4 Å². The summed E-state index contributed by atoms with van der Waals surface area (Å²) in [5.74, 6) is 0.654. The van der Waals surface area contributed by atoms with Crippen molar-refractivity contribution in [2.75, 3.05) is 29.0 Å². The molecule has 0 radical (unpaired) electrons. The second-order valence-corrected chi connectivity index (χ2v) is 4.89. The summed E-state index contributed by atoms with van der Waals surface area (Å²) in [5.41, 5.74) is 7.60. The Balaban J connectivity index is 2.28. The second-order valence-electron chi connectivity index (χ2n) is 4.89. The van der Waals surface area contributed by atoms with Crippen LogP contribution in [0.3, 0.4) is 0 Å². The van der Waals surface area contributed by atoms with E-state index < -0.39 is 0 Å². The van der Waals surface area contributed by atoms with Crippen molar-refractivity contribution in [1.29, 1.82) is 10.5 Å². The summed E-state index contributed by atoms with van der Waals surface area (Å²) < 4.78 is 0. The zero-order chi connectivity index (χ0) is 17.5. The Morgan fingerprint density at radius 3 is 2.38 bits per heavy atom. The van der Waals surface area contributed by atoms with Crippen LogP contribution in [-0.2, 0) is 0 Å². The number of Topliss-reactive ketones (excluding diaryl/α,β-unsaturated/α-hetero) is 1. The molecule has 2 aromatic rings. The molecule has 0 aliphatic rings. The van der Waals surface area contributed by atoms with E-state index in [9.17, 15) is 4.79 Å². The summed E-state index contributed by atoms with van der Waals surface area (Å²) in [5, 5.41) is 20.8. The summed E-state index contributed by atoms with van der Waals surface area (Å²) in [6, 6.07) is 10.8. The monoisotopic (exact) mass is 321 g/mol. The number of benzene rings is 1. The van der Waals surface area contributed by atoms with Crippen LogP contribution in [0.25, 0.3) is 0 Å².